The highest BCUT2D eigenvalue weighted by molar-refractivity contribution is 7.10. The first-order valence-corrected chi connectivity index (χ1v) is 14.4. The zero-order valence-corrected chi connectivity index (χ0v) is 24.2. The Labute approximate surface area is 238 Å². The van der Waals surface area contributed by atoms with E-state index in [1.54, 1.807) is 29.2 Å². The van der Waals surface area contributed by atoms with Crippen LogP contribution in [0.1, 0.15) is 48.7 Å². The number of piperidine rings is 1. The minimum Gasteiger partial charge on any atom is -0.372 e. The fraction of sp³-hybridized carbons (Fsp3) is 0.367. The highest BCUT2D eigenvalue weighted by Crippen LogP contribution is 2.33. The van der Waals surface area contributed by atoms with Crippen LogP contribution < -0.4 is 10.2 Å². The number of aromatic nitrogens is 1. The van der Waals surface area contributed by atoms with Crippen molar-refractivity contribution in [2.45, 2.75) is 46.5 Å². The fourth-order valence-corrected chi connectivity index (χ4v) is 5.87. The van der Waals surface area contributed by atoms with Crippen molar-refractivity contribution in [1.29, 1.82) is 0 Å². The Balaban J connectivity index is 1.31. The van der Waals surface area contributed by atoms with E-state index in [-0.39, 0.29) is 23.2 Å². The molecule has 2 heterocycles. The fourth-order valence-electron chi connectivity index (χ4n) is 4.87. The third kappa shape index (κ3) is 6.74. The Morgan fingerprint density at radius 2 is 1.75 bits per heavy atom. The van der Waals surface area contributed by atoms with Gasteiger partial charge in [0.2, 0.25) is 11.8 Å². The Morgan fingerprint density at radius 3 is 2.38 bits per heavy atom. The van der Waals surface area contributed by atoms with Gasteiger partial charge in [0.15, 0.2) is 0 Å². The van der Waals surface area contributed by atoms with Crippen molar-refractivity contribution in [3.05, 3.63) is 80.2 Å². The number of nitrogens with zero attached hydrogens (tertiary/aromatic N) is 4. The van der Waals surface area contributed by atoms with Gasteiger partial charge in [-0.1, -0.05) is 12.1 Å². The maximum atomic E-state index is 12.7. The van der Waals surface area contributed by atoms with E-state index in [9.17, 15) is 19.7 Å². The number of nitro groups is 1. The molecule has 1 fully saturated rings. The van der Waals surface area contributed by atoms with Crippen LogP contribution in [0.4, 0.5) is 17.1 Å². The molecule has 0 saturated carbocycles. The van der Waals surface area contributed by atoms with Gasteiger partial charge >= 0.3 is 0 Å². The molecule has 1 saturated heterocycles. The van der Waals surface area contributed by atoms with Crippen LogP contribution in [-0.4, -0.2) is 52.8 Å². The second kappa shape index (κ2) is 12.9. The lowest BCUT2D eigenvalue weighted by molar-refractivity contribution is -0.384. The molecule has 9 nitrogen and oxygen atoms in total. The van der Waals surface area contributed by atoms with Crippen molar-refractivity contribution in [3.63, 3.8) is 0 Å². The van der Waals surface area contributed by atoms with Gasteiger partial charge in [0.25, 0.3) is 5.69 Å². The summed E-state index contributed by atoms with van der Waals surface area (Å²) in [6, 6.07) is 11.5. The summed E-state index contributed by atoms with van der Waals surface area (Å²) in [4.78, 5) is 44.9. The number of nitro benzene ring substituents is 1. The van der Waals surface area contributed by atoms with Crippen LogP contribution in [0.15, 0.2) is 53.9 Å². The molecule has 3 aromatic rings. The molecule has 0 unspecified atom stereocenters. The molecule has 10 heteroatoms. The predicted octanol–water partition coefficient (Wildman–Crippen LogP) is 6.08. The number of anilines is 2. The lowest BCUT2D eigenvalue weighted by Gasteiger charge is -2.30. The van der Waals surface area contributed by atoms with Gasteiger partial charge in [-0.3, -0.25) is 19.7 Å². The second-order valence-electron chi connectivity index (χ2n) is 9.92. The molecule has 0 spiro atoms. The lowest BCUT2D eigenvalue weighted by Crippen LogP contribution is -2.37. The quantitative estimate of drug-likeness (QED) is 0.193. The molecule has 1 aliphatic heterocycles. The summed E-state index contributed by atoms with van der Waals surface area (Å²) in [5.74, 6) is -0.554. The van der Waals surface area contributed by atoms with Gasteiger partial charge in [0, 0.05) is 66.9 Å². The number of nitrogens with one attached hydrogen (secondary N) is 1. The van der Waals surface area contributed by atoms with Crippen LogP contribution in [0.5, 0.6) is 0 Å². The third-order valence-electron chi connectivity index (χ3n) is 7.41. The van der Waals surface area contributed by atoms with Crippen LogP contribution in [0, 0.1) is 24.0 Å². The monoisotopic (exact) mass is 561 g/mol. The molecule has 4 rings (SSSR count). The van der Waals surface area contributed by atoms with Crippen LogP contribution in [0.3, 0.4) is 0 Å². The van der Waals surface area contributed by atoms with Crippen molar-refractivity contribution < 1.29 is 14.5 Å². The zero-order valence-electron chi connectivity index (χ0n) is 23.3. The standard InChI is InChI=1S/C30H35N5O4S/c1-5-33(6-2)24-9-7-22(8-10-24)26-19-40-30(32-26)23-13-15-34(16-14-23)29(37)12-11-28(36)31-25-17-20(3)21(4)18-27(25)35(38)39/h7-12,17-19,23H,5-6,13-16H2,1-4H3,(H,31,36). The van der Waals surface area contributed by atoms with E-state index >= 15 is 0 Å². The molecule has 0 radical (unpaired) electrons. The van der Waals surface area contributed by atoms with Gasteiger partial charge in [0.05, 0.1) is 15.6 Å². The Morgan fingerprint density at radius 1 is 1.10 bits per heavy atom. The van der Waals surface area contributed by atoms with E-state index < -0.39 is 10.8 Å². The molecular weight excluding hydrogens is 526 g/mol. The maximum Gasteiger partial charge on any atom is 0.293 e. The number of rotatable bonds is 9. The smallest absolute Gasteiger partial charge is 0.293 e. The molecule has 2 aromatic carbocycles. The molecule has 40 heavy (non-hydrogen) atoms. The van der Waals surface area contributed by atoms with E-state index in [1.165, 1.54) is 17.8 Å². The van der Waals surface area contributed by atoms with Gasteiger partial charge in [-0.25, -0.2) is 4.98 Å². The van der Waals surface area contributed by atoms with Gasteiger partial charge in [-0.2, -0.15) is 0 Å². The average molecular weight is 562 g/mol. The van der Waals surface area contributed by atoms with E-state index in [0.29, 0.717) is 13.1 Å². The second-order valence-corrected chi connectivity index (χ2v) is 10.8. The molecular formula is C30H35N5O4S. The van der Waals surface area contributed by atoms with E-state index in [0.717, 1.165) is 59.4 Å². The number of amides is 2. The van der Waals surface area contributed by atoms with Gasteiger partial charge < -0.3 is 15.1 Å². The van der Waals surface area contributed by atoms with Crippen molar-refractivity contribution in [3.8, 4) is 11.3 Å². The summed E-state index contributed by atoms with van der Waals surface area (Å²) in [6.07, 6.45) is 3.96. The van der Waals surface area contributed by atoms with Crippen molar-refractivity contribution in [2.75, 3.05) is 36.4 Å². The summed E-state index contributed by atoms with van der Waals surface area (Å²) in [5.41, 5.74) is 4.79. The molecule has 0 bridgehead atoms. The average Bonchev–Trinajstić information content (AvgIpc) is 3.45. The minimum atomic E-state index is -0.588. The Kier molecular flexibility index (Phi) is 9.31. The molecule has 1 N–H and O–H groups in total. The summed E-state index contributed by atoms with van der Waals surface area (Å²) in [7, 11) is 0. The molecule has 1 aliphatic rings. The number of hydrogen-bond donors (Lipinski definition) is 1. The largest absolute Gasteiger partial charge is 0.372 e. The molecule has 0 atom stereocenters. The summed E-state index contributed by atoms with van der Waals surface area (Å²) in [6.45, 7) is 11.0. The summed E-state index contributed by atoms with van der Waals surface area (Å²) >= 11 is 1.66. The highest BCUT2D eigenvalue weighted by Gasteiger charge is 2.25. The number of thiazole rings is 1. The topological polar surface area (TPSA) is 109 Å². The number of hydrogen-bond acceptors (Lipinski definition) is 7. The van der Waals surface area contributed by atoms with Crippen LogP contribution in [0.25, 0.3) is 11.3 Å². The molecule has 0 aliphatic carbocycles. The number of carbonyl (C=O) groups excluding carboxylic acids is 2. The number of benzene rings is 2. The van der Waals surface area contributed by atoms with E-state index in [4.69, 9.17) is 4.98 Å². The summed E-state index contributed by atoms with van der Waals surface area (Å²) < 4.78 is 0. The number of carbonyl (C=O) groups is 2. The normalized spacial score (nSPS) is 13.9. The van der Waals surface area contributed by atoms with Crippen molar-refractivity contribution in [1.82, 2.24) is 9.88 Å². The number of likely N-dealkylation sites (tertiary alicyclic amines) is 1. The minimum absolute atomic E-state index is 0.110. The predicted molar refractivity (Wildman–Crippen MR) is 160 cm³/mol. The number of aryl methyl sites for hydroxylation is 2. The molecule has 2 amide bonds. The van der Waals surface area contributed by atoms with Crippen LogP contribution in [0.2, 0.25) is 0 Å². The first-order valence-electron chi connectivity index (χ1n) is 13.5. The van der Waals surface area contributed by atoms with E-state index in [1.807, 2.05) is 6.92 Å². The molecule has 210 valence electrons. The SMILES string of the molecule is CCN(CC)c1ccc(-c2csc(C3CCN(C(=O)C=CC(=O)Nc4cc(C)c(C)cc4[N+](=O)[O-])CC3)n2)cc1. The first kappa shape index (κ1) is 28.9. The van der Waals surface area contributed by atoms with Gasteiger partial charge in [-0.05, 0) is 69.9 Å². The Hall–Kier alpha value is -4.05. The maximum absolute atomic E-state index is 12.7. The first-order chi connectivity index (χ1) is 19.2. The van der Waals surface area contributed by atoms with E-state index in [2.05, 4.69) is 53.7 Å². The van der Waals surface area contributed by atoms with Crippen molar-refractivity contribution >= 4 is 40.2 Å². The molecule has 1 aromatic heterocycles. The Bertz CT molecular complexity index is 1400. The van der Waals surface area contributed by atoms with Gasteiger partial charge in [-0.15, -0.1) is 11.3 Å². The highest BCUT2D eigenvalue weighted by atomic mass is 32.1. The summed E-state index contributed by atoms with van der Waals surface area (Å²) in [5, 5.41) is 17.1. The van der Waals surface area contributed by atoms with Crippen LogP contribution in [-0.2, 0) is 9.59 Å². The van der Waals surface area contributed by atoms with Crippen molar-refractivity contribution in [2.24, 2.45) is 0 Å². The zero-order chi connectivity index (χ0) is 28.8. The third-order valence-corrected chi connectivity index (χ3v) is 8.42. The lowest BCUT2D eigenvalue weighted by atomic mass is 9.97. The van der Waals surface area contributed by atoms with Gasteiger partial charge in [0.1, 0.15) is 5.69 Å². The van der Waals surface area contributed by atoms with Crippen LogP contribution >= 0.6 is 11.3 Å².